The molecule has 1 fully saturated rings. The fourth-order valence-corrected chi connectivity index (χ4v) is 3.08. The number of likely N-dealkylation sites (tertiary alicyclic amines) is 1. The SMILES string of the molecule is CC(=O)N1CCC(CN(C)C/C(C)=C/c2ccccc2)C1. The molecule has 0 saturated carbocycles. The summed E-state index contributed by atoms with van der Waals surface area (Å²) in [6, 6.07) is 10.4. The van der Waals surface area contributed by atoms with Crippen LogP contribution in [0.4, 0.5) is 0 Å². The van der Waals surface area contributed by atoms with Crippen molar-refractivity contribution in [3.63, 3.8) is 0 Å². The van der Waals surface area contributed by atoms with Crippen LogP contribution in [0.25, 0.3) is 6.08 Å². The molecule has 1 aliphatic heterocycles. The lowest BCUT2D eigenvalue weighted by Crippen LogP contribution is -2.31. The van der Waals surface area contributed by atoms with E-state index >= 15 is 0 Å². The third kappa shape index (κ3) is 5.01. The van der Waals surface area contributed by atoms with Gasteiger partial charge in [-0.15, -0.1) is 0 Å². The average Bonchev–Trinajstić information content (AvgIpc) is 2.88. The summed E-state index contributed by atoms with van der Waals surface area (Å²) in [6.07, 6.45) is 3.37. The monoisotopic (exact) mass is 286 g/mol. The number of benzene rings is 1. The normalized spacial score (nSPS) is 19.3. The van der Waals surface area contributed by atoms with Crippen molar-refractivity contribution in [1.82, 2.24) is 9.80 Å². The Morgan fingerprint density at radius 1 is 1.33 bits per heavy atom. The molecule has 1 aliphatic rings. The molecule has 0 N–H and O–H groups in total. The third-order valence-corrected chi connectivity index (χ3v) is 4.03. The van der Waals surface area contributed by atoms with Crippen molar-refractivity contribution in [3.05, 3.63) is 41.5 Å². The lowest BCUT2D eigenvalue weighted by molar-refractivity contribution is -0.127. The van der Waals surface area contributed by atoms with E-state index in [4.69, 9.17) is 0 Å². The Balaban J connectivity index is 1.81. The van der Waals surface area contributed by atoms with Gasteiger partial charge in [-0.05, 0) is 31.9 Å². The fraction of sp³-hybridized carbons (Fsp3) is 0.500. The molecule has 3 heteroatoms. The van der Waals surface area contributed by atoms with E-state index in [1.54, 1.807) is 6.92 Å². The number of nitrogens with zero attached hydrogens (tertiary/aromatic N) is 2. The first-order valence-corrected chi connectivity index (χ1v) is 7.71. The van der Waals surface area contributed by atoms with Crippen LogP contribution in [0.2, 0.25) is 0 Å². The van der Waals surface area contributed by atoms with Gasteiger partial charge in [-0.1, -0.05) is 42.0 Å². The van der Waals surface area contributed by atoms with E-state index in [-0.39, 0.29) is 5.91 Å². The van der Waals surface area contributed by atoms with Crippen LogP contribution in [0, 0.1) is 5.92 Å². The van der Waals surface area contributed by atoms with Crippen molar-refractivity contribution in [3.8, 4) is 0 Å². The molecule has 0 spiro atoms. The molecule has 1 amide bonds. The van der Waals surface area contributed by atoms with E-state index < -0.39 is 0 Å². The highest BCUT2D eigenvalue weighted by atomic mass is 16.2. The Labute approximate surface area is 128 Å². The van der Waals surface area contributed by atoms with Crippen LogP contribution in [0.1, 0.15) is 25.8 Å². The van der Waals surface area contributed by atoms with Crippen molar-refractivity contribution < 1.29 is 4.79 Å². The van der Waals surface area contributed by atoms with Crippen molar-refractivity contribution in [2.75, 3.05) is 33.2 Å². The van der Waals surface area contributed by atoms with Crippen molar-refractivity contribution in [1.29, 1.82) is 0 Å². The molecule has 2 rings (SSSR count). The predicted octanol–water partition coefficient (Wildman–Crippen LogP) is 2.89. The van der Waals surface area contributed by atoms with Crippen LogP contribution in [0.3, 0.4) is 0 Å². The summed E-state index contributed by atoms with van der Waals surface area (Å²) in [5, 5.41) is 0. The van der Waals surface area contributed by atoms with Crippen LogP contribution in [-0.2, 0) is 4.79 Å². The van der Waals surface area contributed by atoms with Gasteiger partial charge in [0, 0.05) is 33.1 Å². The van der Waals surface area contributed by atoms with Crippen molar-refractivity contribution in [2.45, 2.75) is 20.3 Å². The van der Waals surface area contributed by atoms with Gasteiger partial charge in [0.15, 0.2) is 0 Å². The molecule has 114 valence electrons. The van der Waals surface area contributed by atoms with Crippen LogP contribution in [0.15, 0.2) is 35.9 Å². The summed E-state index contributed by atoms with van der Waals surface area (Å²) in [5.41, 5.74) is 2.62. The fourth-order valence-electron chi connectivity index (χ4n) is 3.08. The maximum atomic E-state index is 11.4. The maximum absolute atomic E-state index is 11.4. The lowest BCUT2D eigenvalue weighted by atomic mass is 10.1. The number of rotatable bonds is 5. The van der Waals surface area contributed by atoms with Crippen LogP contribution >= 0.6 is 0 Å². The number of amides is 1. The van der Waals surface area contributed by atoms with Crippen molar-refractivity contribution >= 4 is 12.0 Å². The summed E-state index contributed by atoms with van der Waals surface area (Å²) < 4.78 is 0. The molecule has 1 saturated heterocycles. The summed E-state index contributed by atoms with van der Waals surface area (Å²) in [7, 11) is 2.17. The van der Waals surface area contributed by atoms with Gasteiger partial charge >= 0.3 is 0 Å². The standard InChI is InChI=1S/C18H26N2O/c1-15(11-17-7-5-4-6-8-17)12-19(3)13-18-9-10-20(14-18)16(2)21/h4-8,11,18H,9-10,12-14H2,1-3H3/b15-11+. The van der Waals surface area contributed by atoms with Gasteiger partial charge < -0.3 is 9.80 Å². The number of carbonyl (C=O) groups excluding carboxylic acids is 1. The molecule has 1 aromatic rings. The van der Waals surface area contributed by atoms with E-state index in [1.165, 1.54) is 11.1 Å². The minimum atomic E-state index is 0.209. The Bertz CT molecular complexity index is 495. The van der Waals surface area contributed by atoms with Crippen molar-refractivity contribution in [2.24, 2.45) is 5.92 Å². The maximum Gasteiger partial charge on any atom is 0.219 e. The average molecular weight is 286 g/mol. The smallest absolute Gasteiger partial charge is 0.219 e. The molecule has 21 heavy (non-hydrogen) atoms. The van der Waals surface area contributed by atoms with Crippen LogP contribution < -0.4 is 0 Å². The molecule has 0 radical (unpaired) electrons. The molecular weight excluding hydrogens is 260 g/mol. The van der Waals surface area contributed by atoms with Crippen LogP contribution in [0.5, 0.6) is 0 Å². The molecule has 0 aromatic heterocycles. The van der Waals surface area contributed by atoms with Gasteiger partial charge in [-0.3, -0.25) is 4.79 Å². The van der Waals surface area contributed by atoms with Gasteiger partial charge in [0.05, 0.1) is 0 Å². The van der Waals surface area contributed by atoms with E-state index in [0.29, 0.717) is 5.92 Å². The lowest BCUT2D eigenvalue weighted by Gasteiger charge is -2.21. The summed E-state index contributed by atoms with van der Waals surface area (Å²) in [5.74, 6) is 0.823. The summed E-state index contributed by atoms with van der Waals surface area (Å²) in [4.78, 5) is 15.7. The first kappa shape index (κ1) is 15.8. The van der Waals surface area contributed by atoms with Gasteiger partial charge in [-0.2, -0.15) is 0 Å². The summed E-state index contributed by atoms with van der Waals surface area (Å²) in [6.45, 7) is 7.72. The number of likely N-dealkylation sites (N-methyl/N-ethyl adjacent to an activating group) is 1. The van der Waals surface area contributed by atoms with E-state index in [1.807, 2.05) is 11.0 Å². The number of hydrogen-bond donors (Lipinski definition) is 0. The number of hydrogen-bond acceptors (Lipinski definition) is 2. The number of carbonyl (C=O) groups is 1. The Kier molecular flexibility index (Phi) is 5.57. The second-order valence-corrected chi connectivity index (χ2v) is 6.22. The van der Waals surface area contributed by atoms with Gasteiger partial charge in [-0.25, -0.2) is 0 Å². The quantitative estimate of drug-likeness (QED) is 0.831. The van der Waals surface area contributed by atoms with Gasteiger partial charge in [0.2, 0.25) is 5.91 Å². The second kappa shape index (κ2) is 7.41. The predicted molar refractivity (Wildman–Crippen MR) is 88.0 cm³/mol. The second-order valence-electron chi connectivity index (χ2n) is 6.22. The third-order valence-electron chi connectivity index (χ3n) is 4.03. The molecular formula is C18H26N2O. The Morgan fingerprint density at radius 3 is 2.67 bits per heavy atom. The van der Waals surface area contributed by atoms with Gasteiger partial charge in [0.1, 0.15) is 0 Å². The highest BCUT2D eigenvalue weighted by Crippen LogP contribution is 2.17. The minimum Gasteiger partial charge on any atom is -0.343 e. The topological polar surface area (TPSA) is 23.6 Å². The zero-order chi connectivity index (χ0) is 15.2. The minimum absolute atomic E-state index is 0.209. The zero-order valence-electron chi connectivity index (χ0n) is 13.4. The molecule has 0 bridgehead atoms. The molecule has 3 nitrogen and oxygen atoms in total. The largest absolute Gasteiger partial charge is 0.343 e. The molecule has 1 aromatic carbocycles. The molecule has 0 aliphatic carbocycles. The van der Waals surface area contributed by atoms with E-state index in [2.05, 4.69) is 49.2 Å². The van der Waals surface area contributed by atoms with Gasteiger partial charge in [0.25, 0.3) is 0 Å². The zero-order valence-corrected chi connectivity index (χ0v) is 13.4. The molecule has 1 atom stereocenters. The summed E-state index contributed by atoms with van der Waals surface area (Å²) >= 11 is 0. The highest BCUT2D eigenvalue weighted by molar-refractivity contribution is 5.73. The molecule has 1 heterocycles. The van der Waals surface area contributed by atoms with E-state index in [9.17, 15) is 4.79 Å². The first-order chi connectivity index (χ1) is 10.0. The van der Waals surface area contributed by atoms with E-state index in [0.717, 1.165) is 32.6 Å². The highest BCUT2D eigenvalue weighted by Gasteiger charge is 2.24. The first-order valence-electron chi connectivity index (χ1n) is 7.71. The Morgan fingerprint density at radius 2 is 2.05 bits per heavy atom. The van der Waals surface area contributed by atoms with Crippen LogP contribution in [-0.4, -0.2) is 48.9 Å². The molecule has 1 unspecified atom stereocenters. The Hall–Kier alpha value is -1.61.